The summed E-state index contributed by atoms with van der Waals surface area (Å²) in [4.78, 5) is 24.0. The van der Waals surface area contributed by atoms with Crippen molar-refractivity contribution in [3.05, 3.63) is 65.5 Å². The van der Waals surface area contributed by atoms with Gasteiger partial charge >= 0.3 is 5.97 Å². The van der Waals surface area contributed by atoms with Crippen molar-refractivity contribution in [2.45, 2.75) is 50.0 Å². The number of carbonyl (C=O) groups is 2. The van der Waals surface area contributed by atoms with Crippen molar-refractivity contribution in [1.29, 1.82) is 0 Å². The fraction of sp³-hybridized carbons (Fsp3) is 0.417. The van der Waals surface area contributed by atoms with Crippen molar-refractivity contribution in [2.24, 2.45) is 0 Å². The summed E-state index contributed by atoms with van der Waals surface area (Å²) in [5, 5.41) is 2.60. The van der Waals surface area contributed by atoms with Gasteiger partial charge in [-0.1, -0.05) is 37.1 Å². The van der Waals surface area contributed by atoms with E-state index in [4.69, 9.17) is 4.74 Å². The normalized spacial score (nSPS) is 14.9. The van der Waals surface area contributed by atoms with Crippen molar-refractivity contribution in [3.63, 3.8) is 0 Å². The molecule has 2 aromatic carbocycles. The van der Waals surface area contributed by atoms with E-state index in [0.29, 0.717) is 19.5 Å². The maximum absolute atomic E-state index is 12.9. The van der Waals surface area contributed by atoms with Crippen LogP contribution in [0.2, 0.25) is 0 Å². The highest BCUT2D eigenvalue weighted by Crippen LogP contribution is 2.21. The number of esters is 1. The lowest BCUT2D eigenvalue weighted by atomic mass is 10.1. The predicted octanol–water partition coefficient (Wildman–Crippen LogP) is 3.18. The first-order valence-corrected chi connectivity index (χ1v) is 12.5. The molecule has 178 valence electrons. The molecule has 0 aliphatic carbocycles. The predicted molar refractivity (Wildman–Crippen MR) is 121 cm³/mol. The number of nitrogens with zero attached hydrogens (tertiary/aromatic N) is 1. The van der Waals surface area contributed by atoms with Crippen LogP contribution < -0.4 is 5.32 Å². The number of rotatable bonds is 9. The SMILES string of the molecule is O=C(COC(=O)CCc1ccc(S(=O)(=O)N2CCCCCC2)cc1)NCc1ccc(F)cc1. The highest BCUT2D eigenvalue weighted by molar-refractivity contribution is 7.89. The van der Waals surface area contributed by atoms with Gasteiger partial charge in [-0.2, -0.15) is 4.31 Å². The number of amides is 1. The quantitative estimate of drug-likeness (QED) is 0.561. The van der Waals surface area contributed by atoms with Crippen LogP contribution in [0.1, 0.15) is 43.2 Å². The van der Waals surface area contributed by atoms with Crippen LogP contribution in [0.5, 0.6) is 0 Å². The molecule has 7 nitrogen and oxygen atoms in total. The lowest BCUT2D eigenvalue weighted by Crippen LogP contribution is -2.31. The van der Waals surface area contributed by atoms with Crippen LogP contribution in [0.15, 0.2) is 53.4 Å². The van der Waals surface area contributed by atoms with Crippen LogP contribution in [0, 0.1) is 5.82 Å². The minimum atomic E-state index is -3.50. The molecule has 1 amide bonds. The van der Waals surface area contributed by atoms with Crippen LogP contribution in [-0.2, 0) is 37.3 Å². The Morgan fingerprint density at radius 2 is 1.52 bits per heavy atom. The molecule has 1 N–H and O–H groups in total. The number of aryl methyl sites for hydroxylation is 1. The lowest BCUT2D eigenvalue weighted by molar-refractivity contribution is -0.148. The maximum atomic E-state index is 12.9. The van der Waals surface area contributed by atoms with E-state index in [-0.39, 0.29) is 23.7 Å². The Labute approximate surface area is 194 Å². The molecule has 0 aromatic heterocycles. The monoisotopic (exact) mass is 476 g/mol. The number of benzene rings is 2. The summed E-state index contributed by atoms with van der Waals surface area (Å²) in [5.41, 5.74) is 1.54. The Morgan fingerprint density at radius 3 is 2.15 bits per heavy atom. The molecule has 0 spiro atoms. The first-order valence-electron chi connectivity index (χ1n) is 11.1. The first-order chi connectivity index (χ1) is 15.8. The average molecular weight is 477 g/mol. The zero-order valence-corrected chi connectivity index (χ0v) is 19.3. The van der Waals surface area contributed by atoms with Crippen LogP contribution >= 0.6 is 0 Å². The van der Waals surface area contributed by atoms with Gasteiger partial charge in [-0.3, -0.25) is 9.59 Å². The molecule has 3 rings (SSSR count). The van der Waals surface area contributed by atoms with Crippen molar-refractivity contribution in [1.82, 2.24) is 9.62 Å². The van der Waals surface area contributed by atoms with Crippen LogP contribution in [0.25, 0.3) is 0 Å². The van der Waals surface area contributed by atoms with Gasteiger partial charge < -0.3 is 10.1 Å². The molecule has 1 aliphatic heterocycles. The molecule has 9 heteroatoms. The third-order valence-electron chi connectivity index (χ3n) is 5.51. The van der Waals surface area contributed by atoms with E-state index in [1.807, 2.05) is 0 Å². The van der Waals surface area contributed by atoms with Crippen molar-refractivity contribution in [3.8, 4) is 0 Å². The molecule has 0 unspecified atom stereocenters. The number of carbonyl (C=O) groups excluding carboxylic acids is 2. The summed E-state index contributed by atoms with van der Waals surface area (Å²) in [6.07, 6.45) is 4.31. The summed E-state index contributed by atoms with van der Waals surface area (Å²) in [6, 6.07) is 12.3. The number of ether oxygens (including phenoxy) is 1. The van der Waals surface area contributed by atoms with Gasteiger partial charge in [0.25, 0.3) is 5.91 Å². The molecule has 0 atom stereocenters. The van der Waals surface area contributed by atoms with Crippen molar-refractivity contribution >= 4 is 21.9 Å². The molecule has 1 saturated heterocycles. The van der Waals surface area contributed by atoms with Gasteiger partial charge in [0.1, 0.15) is 5.82 Å². The summed E-state index contributed by atoms with van der Waals surface area (Å²) in [6.45, 7) is 0.914. The molecular formula is C24H29FN2O5S. The minimum absolute atomic E-state index is 0.0729. The van der Waals surface area contributed by atoms with Crippen molar-refractivity contribution < 1.29 is 27.1 Å². The number of nitrogens with one attached hydrogen (secondary N) is 1. The van der Waals surface area contributed by atoms with Gasteiger partial charge in [-0.25, -0.2) is 12.8 Å². The molecular weight excluding hydrogens is 447 g/mol. The second-order valence-corrected chi connectivity index (χ2v) is 9.96. The minimum Gasteiger partial charge on any atom is -0.456 e. The third-order valence-corrected chi connectivity index (χ3v) is 7.42. The van der Waals surface area contributed by atoms with E-state index >= 15 is 0 Å². The Hall–Kier alpha value is -2.78. The molecule has 0 radical (unpaired) electrons. The second-order valence-electron chi connectivity index (χ2n) is 8.03. The second kappa shape index (κ2) is 11.9. The smallest absolute Gasteiger partial charge is 0.306 e. The highest BCUT2D eigenvalue weighted by atomic mass is 32.2. The standard InChI is InChI=1S/C24H29FN2O5S/c25-21-10-5-20(6-11-21)17-26-23(28)18-32-24(29)14-9-19-7-12-22(13-8-19)33(30,31)27-15-3-1-2-4-16-27/h5-8,10-13H,1-4,9,14-18H2,(H,26,28). The van der Waals surface area contributed by atoms with Crippen LogP contribution in [0.4, 0.5) is 4.39 Å². The average Bonchev–Trinajstić information content (AvgIpc) is 3.11. The maximum Gasteiger partial charge on any atom is 0.306 e. The third kappa shape index (κ3) is 7.64. The molecule has 0 saturated carbocycles. The van der Waals surface area contributed by atoms with Crippen LogP contribution in [0.3, 0.4) is 0 Å². The van der Waals surface area contributed by atoms with E-state index in [9.17, 15) is 22.4 Å². The lowest BCUT2D eigenvalue weighted by Gasteiger charge is -2.20. The molecule has 1 aliphatic rings. The summed E-state index contributed by atoms with van der Waals surface area (Å²) < 4.78 is 45.1. The number of hydrogen-bond acceptors (Lipinski definition) is 5. The van der Waals surface area contributed by atoms with E-state index < -0.39 is 28.5 Å². The molecule has 1 fully saturated rings. The zero-order chi connectivity index (χ0) is 23.7. The van der Waals surface area contributed by atoms with Crippen LogP contribution in [-0.4, -0.2) is 44.3 Å². The molecule has 33 heavy (non-hydrogen) atoms. The fourth-order valence-corrected chi connectivity index (χ4v) is 5.09. The van der Waals surface area contributed by atoms with Gasteiger partial charge in [0.2, 0.25) is 10.0 Å². The number of sulfonamides is 1. The van der Waals surface area contributed by atoms with Gasteiger partial charge in [-0.15, -0.1) is 0 Å². The number of halogens is 1. The van der Waals surface area contributed by atoms with E-state index in [1.165, 1.54) is 12.1 Å². The molecule has 0 bridgehead atoms. The highest BCUT2D eigenvalue weighted by Gasteiger charge is 2.24. The Balaban J connectivity index is 1.40. The topological polar surface area (TPSA) is 92.8 Å². The summed E-state index contributed by atoms with van der Waals surface area (Å²) in [5.74, 6) is -1.32. The Kier molecular flexibility index (Phi) is 8.96. The summed E-state index contributed by atoms with van der Waals surface area (Å²) >= 11 is 0. The van der Waals surface area contributed by atoms with E-state index in [1.54, 1.807) is 40.7 Å². The van der Waals surface area contributed by atoms with Gasteiger partial charge in [0.05, 0.1) is 4.90 Å². The van der Waals surface area contributed by atoms with Gasteiger partial charge in [0.15, 0.2) is 6.61 Å². The van der Waals surface area contributed by atoms with E-state index in [2.05, 4.69) is 5.32 Å². The largest absolute Gasteiger partial charge is 0.456 e. The molecule has 1 heterocycles. The van der Waals surface area contributed by atoms with Gasteiger partial charge in [-0.05, 0) is 54.7 Å². The summed E-state index contributed by atoms with van der Waals surface area (Å²) in [7, 11) is -3.50. The van der Waals surface area contributed by atoms with Gasteiger partial charge in [0, 0.05) is 26.1 Å². The van der Waals surface area contributed by atoms with Crippen molar-refractivity contribution in [2.75, 3.05) is 19.7 Å². The molecule has 2 aromatic rings. The fourth-order valence-electron chi connectivity index (χ4n) is 3.58. The zero-order valence-electron chi connectivity index (χ0n) is 18.5. The Morgan fingerprint density at radius 1 is 0.909 bits per heavy atom. The first kappa shape index (κ1) is 24.9. The van der Waals surface area contributed by atoms with E-state index in [0.717, 1.165) is 36.8 Å². The Bertz CT molecular complexity index is 1030. The number of hydrogen-bond donors (Lipinski definition) is 1.